The normalized spacial score (nSPS) is 10.8. The lowest BCUT2D eigenvalue weighted by molar-refractivity contribution is -0.113. The van der Waals surface area contributed by atoms with Gasteiger partial charge in [-0.2, -0.15) is 0 Å². The quantitative estimate of drug-likeness (QED) is 0.523. The number of carbonyl (C=O) groups excluding carboxylic acids is 1. The van der Waals surface area contributed by atoms with Gasteiger partial charge >= 0.3 is 0 Å². The number of benzene rings is 2. The summed E-state index contributed by atoms with van der Waals surface area (Å²) in [6.45, 7) is 2.58. The van der Waals surface area contributed by atoms with E-state index in [2.05, 4.69) is 15.5 Å². The Morgan fingerprint density at radius 1 is 1.17 bits per heavy atom. The van der Waals surface area contributed by atoms with Crippen molar-refractivity contribution in [3.8, 4) is 5.75 Å². The summed E-state index contributed by atoms with van der Waals surface area (Å²) in [6.07, 6.45) is 0. The number of ether oxygens (including phenoxy) is 1. The van der Waals surface area contributed by atoms with E-state index in [9.17, 15) is 13.6 Å². The van der Waals surface area contributed by atoms with E-state index in [0.717, 1.165) is 0 Å². The van der Waals surface area contributed by atoms with Crippen molar-refractivity contribution in [2.75, 3.05) is 11.1 Å². The number of rotatable bonds is 8. The van der Waals surface area contributed by atoms with Crippen LogP contribution in [0.2, 0.25) is 5.02 Å². The second-order valence-electron chi connectivity index (χ2n) is 5.85. The van der Waals surface area contributed by atoms with Crippen LogP contribution >= 0.6 is 23.4 Å². The molecule has 1 heterocycles. The zero-order valence-corrected chi connectivity index (χ0v) is 16.9. The summed E-state index contributed by atoms with van der Waals surface area (Å²) < 4.78 is 33.5. The lowest BCUT2D eigenvalue weighted by atomic mass is 10.3. The zero-order valence-electron chi connectivity index (χ0n) is 15.4. The maximum absolute atomic E-state index is 13.1. The van der Waals surface area contributed by atoms with Crippen molar-refractivity contribution in [3.05, 3.63) is 64.9 Å². The highest BCUT2D eigenvalue weighted by atomic mass is 35.5. The maximum Gasteiger partial charge on any atom is 0.234 e. The molecule has 0 atom stereocenters. The number of hydrogen-bond acceptors (Lipinski definition) is 5. The molecule has 3 aromatic rings. The van der Waals surface area contributed by atoms with Gasteiger partial charge in [0.1, 0.15) is 24.0 Å². The summed E-state index contributed by atoms with van der Waals surface area (Å²) in [5.74, 6) is -0.0639. The topological polar surface area (TPSA) is 69.0 Å². The molecule has 1 amide bonds. The molecule has 0 aliphatic carbocycles. The number of nitrogens with zero attached hydrogens (tertiary/aromatic N) is 3. The fourth-order valence-electron chi connectivity index (χ4n) is 2.45. The van der Waals surface area contributed by atoms with Crippen LogP contribution in [0, 0.1) is 11.6 Å². The second kappa shape index (κ2) is 9.71. The van der Waals surface area contributed by atoms with Gasteiger partial charge in [-0.15, -0.1) is 10.2 Å². The molecule has 10 heteroatoms. The Labute approximate surface area is 175 Å². The summed E-state index contributed by atoms with van der Waals surface area (Å²) in [7, 11) is 0. The standard InChI is InChI=1S/C19H17ClF2N4O2S/c1-2-26-17(10-28-16-8-5-13(22)9-15(16)20)24-25-19(26)29-11-18(27)23-14-6-3-12(21)4-7-14/h3-9H,2,10-11H2,1H3,(H,23,27). The molecule has 0 aliphatic heterocycles. The molecule has 29 heavy (non-hydrogen) atoms. The molecule has 0 bridgehead atoms. The van der Waals surface area contributed by atoms with Gasteiger partial charge in [-0.25, -0.2) is 8.78 Å². The van der Waals surface area contributed by atoms with E-state index in [-0.39, 0.29) is 29.1 Å². The van der Waals surface area contributed by atoms with Crippen molar-refractivity contribution in [2.45, 2.75) is 25.2 Å². The van der Waals surface area contributed by atoms with Crippen LogP contribution in [0.15, 0.2) is 47.6 Å². The van der Waals surface area contributed by atoms with Gasteiger partial charge in [-0.05, 0) is 49.4 Å². The summed E-state index contributed by atoms with van der Waals surface area (Å²) in [6, 6.07) is 9.40. The molecule has 0 fully saturated rings. The lowest BCUT2D eigenvalue weighted by Gasteiger charge is -2.10. The molecule has 0 aliphatic rings. The summed E-state index contributed by atoms with van der Waals surface area (Å²) in [4.78, 5) is 12.1. The zero-order chi connectivity index (χ0) is 20.8. The average molecular weight is 439 g/mol. The van der Waals surface area contributed by atoms with Gasteiger partial charge in [0.25, 0.3) is 0 Å². The first-order chi connectivity index (χ1) is 14.0. The Hall–Kier alpha value is -2.65. The van der Waals surface area contributed by atoms with Gasteiger partial charge in [0.05, 0.1) is 10.8 Å². The van der Waals surface area contributed by atoms with Gasteiger partial charge in [-0.3, -0.25) is 4.79 Å². The Kier molecular flexibility index (Phi) is 7.05. The molecule has 2 aromatic carbocycles. The first-order valence-corrected chi connectivity index (χ1v) is 10.0. The number of anilines is 1. The molecule has 0 unspecified atom stereocenters. The number of hydrogen-bond donors (Lipinski definition) is 1. The molecular weight excluding hydrogens is 422 g/mol. The highest BCUT2D eigenvalue weighted by Gasteiger charge is 2.14. The largest absolute Gasteiger partial charge is 0.484 e. The third kappa shape index (κ3) is 5.68. The number of thioether (sulfide) groups is 1. The van der Waals surface area contributed by atoms with Crippen LogP contribution in [0.25, 0.3) is 0 Å². The van der Waals surface area contributed by atoms with Gasteiger partial charge in [-0.1, -0.05) is 23.4 Å². The van der Waals surface area contributed by atoms with Crippen molar-refractivity contribution in [1.29, 1.82) is 0 Å². The first kappa shape index (κ1) is 21.1. The molecule has 152 valence electrons. The summed E-state index contributed by atoms with van der Waals surface area (Å²) in [5.41, 5.74) is 0.513. The van der Waals surface area contributed by atoms with Gasteiger partial charge in [0.2, 0.25) is 5.91 Å². The van der Waals surface area contributed by atoms with Crippen molar-refractivity contribution >= 4 is 35.0 Å². The molecule has 0 saturated carbocycles. The molecule has 0 spiro atoms. The van der Waals surface area contributed by atoms with Crippen LogP contribution in [0.3, 0.4) is 0 Å². The molecule has 1 aromatic heterocycles. The lowest BCUT2D eigenvalue weighted by Crippen LogP contribution is -2.15. The van der Waals surface area contributed by atoms with Crippen molar-refractivity contribution in [2.24, 2.45) is 0 Å². The maximum atomic E-state index is 13.1. The predicted molar refractivity (Wildman–Crippen MR) is 107 cm³/mol. The fraction of sp³-hybridized carbons (Fsp3) is 0.211. The van der Waals surface area contributed by atoms with Crippen LogP contribution in [-0.4, -0.2) is 26.4 Å². The highest BCUT2D eigenvalue weighted by molar-refractivity contribution is 7.99. The fourth-order valence-corrected chi connectivity index (χ4v) is 3.49. The Morgan fingerprint density at radius 2 is 1.90 bits per heavy atom. The van der Waals surface area contributed by atoms with E-state index in [1.807, 2.05) is 11.5 Å². The third-order valence-electron chi connectivity index (χ3n) is 3.82. The first-order valence-electron chi connectivity index (χ1n) is 8.64. The Bertz CT molecular complexity index is 998. The second-order valence-corrected chi connectivity index (χ2v) is 7.20. The number of nitrogens with one attached hydrogen (secondary N) is 1. The van der Waals surface area contributed by atoms with Crippen LogP contribution < -0.4 is 10.1 Å². The molecule has 1 N–H and O–H groups in total. The average Bonchev–Trinajstić information content (AvgIpc) is 3.09. The van der Waals surface area contributed by atoms with E-state index in [4.69, 9.17) is 16.3 Å². The SMILES string of the molecule is CCn1c(COc2ccc(F)cc2Cl)nnc1SCC(=O)Nc1ccc(F)cc1. The Morgan fingerprint density at radius 3 is 2.59 bits per heavy atom. The summed E-state index contributed by atoms with van der Waals surface area (Å²) in [5, 5.41) is 11.6. The minimum absolute atomic E-state index is 0.0918. The number of carbonyl (C=O) groups is 1. The van der Waals surface area contributed by atoms with Crippen LogP contribution in [0.4, 0.5) is 14.5 Å². The number of halogens is 3. The van der Waals surface area contributed by atoms with Gasteiger partial charge < -0.3 is 14.6 Å². The van der Waals surface area contributed by atoms with Gasteiger partial charge in [0.15, 0.2) is 11.0 Å². The van der Waals surface area contributed by atoms with Crippen LogP contribution in [0.1, 0.15) is 12.7 Å². The Balaban J connectivity index is 1.58. The van der Waals surface area contributed by atoms with E-state index in [1.165, 1.54) is 54.2 Å². The minimum Gasteiger partial charge on any atom is -0.484 e. The van der Waals surface area contributed by atoms with E-state index < -0.39 is 5.82 Å². The molecule has 0 saturated heterocycles. The monoisotopic (exact) mass is 438 g/mol. The molecule has 0 radical (unpaired) electrons. The summed E-state index contributed by atoms with van der Waals surface area (Å²) >= 11 is 7.18. The van der Waals surface area contributed by atoms with Crippen molar-refractivity contribution in [1.82, 2.24) is 14.8 Å². The minimum atomic E-state index is -0.448. The van der Waals surface area contributed by atoms with E-state index >= 15 is 0 Å². The molecule has 3 rings (SSSR count). The highest BCUT2D eigenvalue weighted by Crippen LogP contribution is 2.26. The molecular formula is C19H17ClF2N4O2S. The van der Waals surface area contributed by atoms with E-state index in [0.29, 0.717) is 29.0 Å². The molecule has 6 nitrogen and oxygen atoms in total. The smallest absolute Gasteiger partial charge is 0.234 e. The van der Waals surface area contributed by atoms with Crippen molar-refractivity contribution < 1.29 is 18.3 Å². The van der Waals surface area contributed by atoms with Crippen molar-refractivity contribution in [3.63, 3.8) is 0 Å². The van der Waals surface area contributed by atoms with Crippen LogP contribution in [0.5, 0.6) is 5.75 Å². The predicted octanol–water partition coefficient (Wildman–Crippen LogP) is 4.54. The number of amides is 1. The van der Waals surface area contributed by atoms with E-state index in [1.54, 1.807) is 0 Å². The van der Waals surface area contributed by atoms with Crippen LogP contribution in [-0.2, 0) is 17.9 Å². The van der Waals surface area contributed by atoms with Gasteiger partial charge in [0, 0.05) is 12.2 Å². The number of aromatic nitrogens is 3. The third-order valence-corrected chi connectivity index (χ3v) is 5.08.